The van der Waals surface area contributed by atoms with E-state index in [2.05, 4.69) is 26.1 Å². The lowest BCUT2D eigenvalue weighted by Crippen LogP contribution is -2.33. The van der Waals surface area contributed by atoms with Crippen molar-refractivity contribution in [3.8, 4) is 0 Å². The number of amides is 3. The fourth-order valence-electron chi connectivity index (χ4n) is 5.95. The van der Waals surface area contributed by atoms with Gasteiger partial charge in [0.25, 0.3) is 0 Å². The monoisotopic (exact) mass is 665 g/mol. The van der Waals surface area contributed by atoms with Crippen LogP contribution in [0.3, 0.4) is 0 Å². The molecule has 3 amide bonds. The summed E-state index contributed by atoms with van der Waals surface area (Å²) in [4.78, 5) is 55.5. The number of carbonyl (C=O) groups is 3. The van der Waals surface area contributed by atoms with Crippen molar-refractivity contribution in [2.24, 2.45) is 5.92 Å². The molecule has 3 atom stereocenters. The number of thiazole rings is 1. The van der Waals surface area contributed by atoms with E-state index in [9.17, 15) is 32.3 Å². The number of rotatable bonds is 5. The maximum Gasteiger partial charge on any atom is 0.416 e. The maximum atomic E-state index is 14.1. The number of nitrogens with one attached hydrogen (secondary N) is 1. The summed E-state index contributed by atoms with van der Waals surface area (Å²) in [5.41, 5.74) is 1.94. The molecule has 0 radical (unpaired) electrons. The second-order valence-corrected chi connectivity index (χ2v) is 14.6. The van der Waals surface area contributed by atoms with Gasteiger partial charge in [0.05, 0.1) is 22.2 Å². The quantitative estimate of drug-likeness (QED) is 0.233. The highest BCUT2D eigenvalue weighted by Crippen LogP contribution is 2.54. The molecule has 1 fully saturated rings. The first-order chi connectivity index (χ1) is 21.6. The largest absolute Gasteiger partial charge is 0.416 e. The molecule has 0 saturated carbocycles. The summed E-state index contributed by atoms with van der Waals surface area (Å²) in [6, 6.07) is 19.0. The molecule has 238 valence electrons. The van der Waals surface area contributed by atoms with Crippen molar-refractivity contribution in [3.63, 3.8) is 0 Å². The molecule has 12 heteroatoms. The Bertz CT molecular complexity index is 1930. The lowest BCUT2D eigenvalue weighted by molar-refractivity contribution is -0.137. The van der Waals surface area contributed by atoms with Gasteiger partial charge in [-0.25, -0.2) is 4.90 Å². The predicted molar refractivity (Wildman–Crippen MR) is 172 cm³/mol. The lowest BCUT2D eigenvalue weighted by Gasteiger charge is -2.31. The Morgan fingerprint density at radius 1 is 0.891 bits per heavy atom. The number of aryl methyl sites for hydroxylation is 1. The fraction of sp³-hybridized carbons (Fsp3) is 0.294. The van der Waals surface area contributed by atoms with Crippen LogP contribution in [0, 0.1) is 12.8 Å². The third kappa shape index (κ3) is 5.79. The highest BCUT2D eigenvalue weighted by Gasteiger charge is 2.57. The predicted octanol–water partition coefficient (Wildman–Crippen LogP) is 6.97. The summed E-state index contributed by atoms with van der Waals surface area (Å²) in [7, 11) is 0. The Morgan fingerprint density at radius 3 is 2.24 bits per heavy atom. The first-order valence-electron chi connectivity index (χ1n) is 14.6. The van der Waals surface area contributed by atoms with Gasteiger partial charge in [-0.1, -0.05) is 86.3 Å². The van der Waals surface area contributed by atoms with Crippen molar-refractivity contribution in [2.75, 3.05) is 10.2 Å². The normalized spacial score (nSPS) is 19.6. The number of hydrogen-bond acceptors (Lipinski definition) is 6. The van der Waals surface area contributed by atoms with Gasteiger partial charge < -0.3 is 5.32 Å². The summed E-state index contributed by atoms with van der Waals surface area (Å²) in [6.45, 7) is 7.75. The highest BCUT2D eigenvalue weighted by atomic mass is 32.2. The van der Waals surface area contributed by atoms with Crippen LogP contribution >= 0.6 is 23.1 Å². The molecular formula is C34H30F3N3O4S2. The van der Waals surface area contributed by atoms with Crippen molar-refractivity contribution >= 4 is 52.2 Å². The molecule has 1 saturated heterocycles. The van der Waals surface area contributed by atoms with Gasteiger partial charge in [0, 0.05) is 16.5 Å². The van der Waals surface area contributed by atoms with E-state index in [1.165, 1.54) is 10.6 Å². The van der Waals surface area contributed by atoms with Crippen LogP contribution in [0.1, 0.15) is 53.8 Å². The van der Waals surface area contributed by atoms with Crippen molar-refractivity contribution in [2.45, 2.75) is 62.0 Å². The summed E-state index contributed by atoms with van der Waals surface area (Å²) in [6.07, 6.45) is -4.67. The molecule has 3 aromatic carbocycles. The third-order valence-corrected chi connectivity index (χ3v) is 10.8. The van der Waals surface area contributed by atoms with Crippen LogP contribution in [0.2, 0.25) is 0 Å². The van der Waals surface area contributed by atoms with Gasteiger partial charge in [-0.05, 0) is 59.4 Å². The van der Waals surface area contributed by atoms with Crippen molar-refractivity contribution in [1.29, 1.82) is 0 Å². The standard InChI is InChI=1S/C34H30F3N3O4S2/c1-18-7-5-9-22(15-18)38-24(41)17-39-31-28(46-32(39)44)25(19-11-13-20(14-12-19)33(2,3)4)26-27(45-31)30(43)40(29(26)42)23-10-6-8-21(16-23)34(35,36)37/h5-16,25-27H,17H2,1-4H3,(H,38,41). The summed E-state index contributed by atoms with van der Waals surface area (Å²) < 4.78 is 42.0. The second-order valence-electron chi connectivity index (χ2n) is 12.5. The number of halogens is 3. The van der Waals surface area contributed by atoms with Crippen LogP contribution in [-0.4, -0.2) is 27.5 Å². The van der Waals surface area contributed by atoms with Gasteiger partial charge in [0.1, 0.15) is 11.8 Å². The number of imide groups is 1. The van der Waals surface area contributed by atoms with Crippen LogP contribution in [0.5, 0.6) is 0 Å². The number of anilines is 2. The first kappa shape index (κ1) is 31.8. The Morgan fingerprint density at radius 2 is 1.59 bits per heavy atom. The van der Waals surface area contributed by atoms with E-state index in [1.807, 2.05) is 37.3 Å². The lowest BCUT2D eigenvalue weighted by atomic mass is 9.81. The molecule has 3 unspecified atom stereocenters. The van der Waals surface area contributed by atoms with Crippen LogP contribution in [-0.2, 0) is 32.5 Å². The highest BCUT2D eigenvalue weighted by molar-refractivity contribution is 8.00. The number of benzene rings is 3. The number of nitrogens with zero attached hydrogens (tertiary/aromatic N) is 2. The first-order valence-corrected chi connectivity index (χ1v) is 16.3. The van der Waals surface area contributed by atoms with Crippen molar-refractivity contribution in [3.05, 3.63) is 110 Å². The molecule has 7 nitrogen and oxygen atoms in total. The molecule has 46 heavy (non-hydrogen) atoms. The third-order valence-electron chi connectivity index (χ3n) is 8.22. The van der Waals surface area contributed by atoms with E-state index >= 15 is 0 Å². The molecule has 1 N–H and O–H groups in total. The molecule has 4 aromatic rings. The van der Waals surface area contributed by atoms with E-state index in [1.54, 1.807) is 18.2 Å². The molecule has 3 heterocycles. The zero-order chi connectivity index (χ0) is 33.1. The number of carbonyl (C=O) groups excluding carboxylic acids is 3. The van der Waals surface area contributed by atoms with Crippen LogP contribution in [0.15, 0.2) is 82.6 Å². The maximum absolute atomic E-state index is 14.1. The van der Waals surface area contributed by atoms with E-state index in [4.69, 9.17) is 0 Å². The van der Waals surface area contributed by atoms with E-state index in [0.717, 1.165) is 57.3 Å². The van der Waals surface area contributed by atoms with Gasteiger partial charge in [-0.2, -0.15) is 13.2 Å². The van der Waals surface area contributed by atoms with Crippen LogP contribution in [0.25, 0.3) is 0 Å². The SMILES string of the molecule is Cc1cccc(NC(=O)Cn2c3c(sc2=O)C(c2ccc(C(C)(C)C)cc2)C2C(=O)N(c4cccc(C(F)(F)F)c4)C(=O)C2S3)c1. The van der Waals surface area contributed by atoms with Crippen LogP contribution in [0.4, 0.5) is 24.5 Å². The summed E-state index contributed by atoms with van der Waals surface area (Å²) in [5.74, 6) is -3.46. The van der Waals surface area contributed by atoms with E-state index in [-0.39, 0.29) is 17.6 Å². The molecule has 0 spiro atoms. The van der Waals surface area contributed by atoms with Gasteiger partial charge in [0.15, 0.2) is 0 Å². The minimum absolute atomic E-state index is 0.160. The van der Waals surface area contributed by atoms with E-state index < -0.39 is 51.4 Å². The van der Waals surface area contributed by atoms with E-state index in [0.29, 0.717) is 21.2 Å². The van der Waals surface area contributed by atoms with Gasteiger partial charge in [0.2, 0.25) is 17.7 Å². The molecule has 6 rings (SSSR count). The Kier molecular flexibility index (Phi) is 8.00. The van der Waals surface area contributed by atoms with Crippen molar-refractivity contribution < 1.29 is 27.6 Å². The van der Waals surface area contributed by atoms with Crippen LogP contribution < -0.4 is 15.1 Å². The number of hydrogen-bond donors (Lipinski definition) is 1. The van der Waals surface area contributed by atoms with Gasteiger partial charge >= 0.3 is 11.0 Å². The van der Waals surface area contributed by atoms with Gasteiger partial charge in [-0.15, -0.1) is 0 Å². The number of aromatic nitrogens is 1. The average Bonchev–Trinajstić information content (AvgIpc) is 3.42. The molecule has 2 aliphatic heterocycles. The van der Waals surface area contributed by atoms with Crippen molar-refractivity contribution in [1.82, 2.24) is 4.57 Å². The average molecular weight is 666 g/mol. The summed E-state index contributed by atoms with van der Waals surface area (Å²) >= 11 is 1.92. The molecule has 2 aliphatic rings. The molecule has 0 aliphatic carbocycles. The Hall–Kier alpha value is -4.16. The zero-order valence-corrected chi connectivity index (χ0v) is 27.0. The minimum Gasteiger partial charge on any atom is -0.325 e. The second kappa shape index (κ2) is 11.6. The molecular weight excluding hydrogens is 636 g/mol. The number of alkyl halides is 3. The molecule has 0 bridgehead atoms. The Labute approximate surface area is 271 Å². The summed E-state index contributed by atoms with van der Waals surface area (Å²) in [5, 5.41) is 2.17. The topological polar surface area (TPSA) is 88.5 Å². The fourth-order valence-corrected chi connectivity index (χ4v) is 8.72. The number of fused-ring (bicyclic) bond motifs is 2. The molecule has 1 aromatic heterocycles. The van der Waals surface area contributed by atoms with Gasteiger partial charge in [-0.3, -0.25) is 23.7 Å². The Balaban J connectivity index is 1.43. The smallest absolute Gasteiger partial charge is 0.325 e. The minimum atomic E-state index is -4.67. The zero-order valence-electron chi connectivity index (χ0n) is 25.3. The number of thioether (sulfide) groups is 1.